The third-order valence-electron chi connectivity index (χ3n) is 8.41. The number of pyridine rings is 1. The van der Waals surface area contributed by atoms with Gasteiger partial charge in [-0.15, -0.1) is 10.2 Å². The highest BCUT2D eigenvalue weighted by molar-refractivity contribution is 9.10. The van der Waals surface area contributed by atoms with Crippen molar-refractivity contribution in [3.8, 4) is 16.9 Å². The van der Waals surface area contributed by atoms with Crippen molar-refractivity contribution in [2.45, 2.75) is 54.4 Å². The van der Waals surface area contributed by atoms with Gasteiger partial charge < -0.3 is 9.64 Å². The summed E-state index contributed by atoms with van der Waals surface area (Å²) in [6.07, 6.45) is 7.58. The molecule has 7 rings (SSSR count). The molecule has 3 aromatic rings. The first-order valence-corrected chi connectivity index (χ1v) is 15.7. The van der Waals surface area contributed by atoms with Gasteiger partial charge in [0, 0.05) is 24.7 Å². The summed E-state index contributed by atoms with van der Waals surface area (Å²) < 4.78 is 51.2. The number of nitriles is 1. The molecule has 4 aliphatic rings. The second-order valence-corrected chi connectivity index (χ2v) is 14.5. The molecular formula is C24H25BrFN7O3S2. The third kappa shape index (κ3) is 3.81. The van der Waals surface area contributed by atoms with Crippen LogP contribution in [0.2, 0.25) is 0 Å². The highest BCUT2D eigenvalue weighted by atomic mass is 79.9. The van der Waals surface area contributed by atoms with Crippen molar-refractivity contribution in [1.82, 2.24) is 24.3 Å². The Labute approximate surface area is 231 Å². The lowest BCUT2D eigenvalue weighted by Gasteiger charge is -2.48. The zero-order valence-corrected chi connectivity index (χ0v) is 23.6. The minimum atomic E-state index is -4.06. The second-order valence-electron chi connectivity index (χ2n) is 11.1. The number of hydrogen-bond donors (Lipinski definition) is 1. The van der Waals surface area contributed by atoms with E-state index in [9.17, 15) is 18.1 Å². The SMILES string of the molecule is N#CC1(c2nnc(-c3ncc4c(N5CCC6(CC5)COC6)c(Br)c(S(=O)(=O)NC5(CF)CC5)cn34)s2)CC1. The maximum absolute atomic E-state index is 13.7. The van der Waals surface area contributed by atoms with Crippen LogP contribution in [-0.4, -0.2) is 66.5 Å². The fraction of sp³-hybridized carbons (Fsp3) is 0.583. The van der Waals surface area contributed by atoms with Gasteiger partial charge in [-0.2, -0.15) is 5.26 Å². The van der Waals surface area contributed by atoms with E-state index in [1.165, 1.54) is 17.5 Å². The molecule has 10 nitrogen and oxygen atoms in total. The van der Waals surface area contributed by atoms with Gasteiger partial charge in [-0.05, 0) is 54.5 Å². The number of rotatable bonds is 7. The molecule has 2 aliphatic heterocycles. The molecule has 3 aromatic heterocycles. The second kappa shape index (κ2) is 8.41. The van der Waals surface area contributed by atoms with Gasteiger partial charge >= 0.3 is 0 Å². The Hall–Kier alpha value is -2.18. The maximum Gasteiger partial charge on any atom is 0.243 e. The lowest BCUT2D eigenvalue weighted by atomic mass is 9.77. The fourth-order valence-electron chi connectivity index (χ4n) is 5.36. The molecule has 2 saturated carbocycles. The Bertz CT molecular complexity index is 1590. The summed E-state index contributed by atoms with van der Waals surface area (Å²) >= 11 is 4.93. The highest BCUT2D eigenvalue weighted by Crippen LogP contribution is 2.50. The molecule has 2 saturated heterocycles. The summed E-state index contributed by atoms with van der Waals surface area (Å²) in [6, 6.07) is 2.34. The molecule has 0 bridgehead atoms. The molecule has 38 heavy (non-hydrogen) atoms. The molecule has 0 unspecified atom stereocenters. The number of alkyl halides is 1. The Morgan fingerprint density at radius 3 is 2.50 bits per heavy atom. The van der Waals surface area contributed by atoms with Gasteiger partial charge in [0.2, 0.25) is 10.0 Å². The number of halogens is 2. The van der Waals surface area contributed by atoms with E-state index in [0.29, 0.717) is 33.2 Å². The molecular weight excluding hydrogens is 597 g/mol. The third-order valence-corrected chi connectivity index (χ3v) is 12.2. The Balaban J connectivity index is 1.35. The number of piperidine rings is 1. The fourth-order valence-corrected chi connectivity index (χ4v) is 9.10. The first kappa shape index (κ1) is 24.8. The van der Waals surface area contributed by atoms with Crippen molar-refractivity contribution >= 4 is 48.5 Å². The number of aromatic nitrogens is 4. The molecule has 5 heterocycles. The summed E-state index contributed by atoms with van der Waals surface area (Å²) in [5, 5.41) is 19.3. The largest absolute Gasteiger partial charge is 0.380 e. The number of fused-ring (bicyclic) bond motifs is 1. The Kier molecular flexibility index (Phi) is 5.50. The minimum absolute atomic E-state index is 0.0201. The van der Waals surface area contributed by atoms with E-state index in [1.54, 1.807) is 10.6 Å². The van der Waals surface area contributed by atoms with Crippen LogP contribution in [0.4, 0.5) is 10.1 Å². The lowest BCUT2D eigenvalue weighted by Crippen LogP contribution is -2.51. The topological polar surface area (TPSA) is 126 Å². The number of imidazole rings is 1. The number of sulfonamides is 1. The minimum Gasteiger partial charge on any atom is -0.380 e. The Morgan fingerprint density at radius 2 is 1.92 bits per heavy atom. The average molecular weight is 623 g/mol. The zero-order valence-electron chi connectivity index (χ0n) is 20.4. The average Bonchev–Trinajstić information content (AvgIpc) is 3.75. The first-order chi connectivity index (χ1) is 18.2. The van der Waals surface area contributed by atoms with Crippen LogP contribution in [-0.2, 0) is 20.2 Å². The van der Waals surface area contributed by atoms with E-state index < -0.39 is 27.7 Å². The lowest BCUT2D eigenvalue weighted by molar-refractivity contribution is -0.124. The van der Waals surface area contributed by atoms with Crippen LogP contribution in [0, 0.1) is 16.7 Å². The normalized spacial score (nSPS) is 22.8. The van der Waals surface area contributed by atoms with Gasteiger partial charge in [0.25, 0.3) is 0 Å². The molecule has 0 aromatic carbocycles. The van der Waals surface area contributed by atoms with Crippen LogP contribution in [0.15, 0.2) is 21.8 Å². The number of anilines is 1. The van der Waals surface area contributed by atoms with Gasteiger partial charge in [-0.25, -0.2) is 22.5 Å². The predicted molar refractivity (Wildman–Crippen MR) is 141 cm³/mol. The number of nitrogens with zero attached hydrogens (tertiary/aromatic N) is 6. The standard InChI is InChI=1S/C24H25BrFN7O3S2/c25-17-16(38(34,35)31-24(11-26)3-4-24)10-33-15(18(17)32-7-5-22(6-8-32)13-36-14-22)9-28-19(33)20-29-30-21(37-20)23(12-27)1-2-23/h9-10,31H,1-8,11,13-14H2. The summed E-state index contributed by atoms with van der Waals surface area (Å²) in [6.45, 7) is 2.27. The van der Waals surface area contributed by atoms with Crippen LogP contribution in [0.3, 0.4) is 0 Å². The highest BCUT2D eigenvalue weighted by Gasteiger charge is 2.49. The first-order valence-electron chi connectivity index (χ1n) is 12.6. The molecule has 14 heteroatoms. The van der Waals surface area contributed by atoms with E-state index in [1.807, 2.05) is 0 Å². The van der Waals surface area contributed by atoms with Gasteiger partial charge in [-0.3, -0.25) is 4.40 Å². The van der Waals surface area contributed by atoms with Gasteiger partial charge in [0.1, 0.15) is 22.0 Å². The van der Waals surface area contributed by atoms with Crippen molar-refractivity contribution in [2.75, 3.05) is 37.9 Å². The van der Waals surface area contributed by atoms with Crippen molar-refractivity contribution in [3.05, 3.63) is 21.9 Å². The molecule has 2 aliphatic carbocycles. The van der Waals surface area contributed by atoms with Crippen LogP contribution < -0.4 is 9.62 Å². The van der Waals surface area contributed by atoms with E-state index in [-0.39, 0.29) is 10.3 Å². The van der Waals surface area contributed by atoms with Crippen molar-refractivity contribution in [2.24, 2.45) is 5.41 Å². The van der Waals surface area contributed by atoms with Gasteiger partial charge in [0.15, 0.2) is 10.8 Å². The van der Waals surface area contributed by atoms with E-state index >= 15 is 0 Å². The van der Waals surface area contributed by atoms with Gasteiger partial charge in [-0.1, -0.05) is 11.3 Å². The number of ether oxygens (including phenoxy) is 1. The summed E-state index contributed by atoms with van der Waals surface area (Å²) in [7, 11) is -4.06. The van der Waals surface area contributed by atoms with Crippen molar-refractivity contribution in [1.29, 1.82) is 5.26 Å². The van der Waals surface area contributed by atoms with Crippen LogP contribution in [0.5, 0.6) is 0 Å². The smallest absolute Gasteiger partial charge is 0.243 e. The molecule has 1 N–H and O–H groups in total. The maximum atomic E-state index is 13.7. The van der Waals surface area contributed by atoms with Crippen molar-refractivity contribution in [3.63, 3.8) is 0 Å². The van der Waals surface area contributed by atoms with Crippen molar-refractivity contribution < 1.29 is 17.5 Å². The zero-order chi connectivity index (χ0) is 26.3. The molecule has 0 amide bonds. The van der Waals surface area contributed by atoms with Crippen LogP contribution in [0.25, 0.3) is 16.3 Å². The van der Waals surface area contributed by atoms with Crippen LogP contribution >= 0.6 is 27.3 Å². The predicted octanol–water partition coefficient (Wildman–Crippen LogP) is 3.57. The number of hydrogen-bond acceptors (Lipinski definition) is 9. The molecule has 200 valence electrons. The quantitative estimate of drug-likeness (QED) is 0.424. The summed E-state index contributed by atoms with van der Waals surface area (Å²) in [5.41, 5.74) is 0.0632. The Morgan fingerprint density at radius 1 is 1.18 bits per heavy atom. The van der Waals surface area contributed by atoms with E-state index in [0.717, 1.165) is 63.2 Å². The summed E-state index contributed by atoms with van der Waals surface area (Å²) in [4.78, 5) is 6.84. The van der Waals surface area contributed by atoms with Crippen LogP contribution in [0.1, 0.15) is 43.5 Å². The summed E-state index contributed by atoms with van der Waals surface area (Å²) in [5.74, 6) is 0.454. The number of nitrogens with one attached hydrogen (secondary N) is 1. The molecule has 1 spiro atoms. The molecule has 4 fully saturated rings. The van der Waals surface area contributed by atoms with Gasteiger partial charge in [0.05, 0.1) is 46.7 Å². The van der Waals surface area contributed by atoms with E-state index in [4.69, 9.17) is 4.74 Å². The molecule has 0 radical (unpaired) electrons. The van der Waals surface area contributed by atoms with E-state index in [2.05, 4.69) is 46.8 Å². The monoisotopic (exact) mass is 621 g/mol. The molecule has 0 atom stereocenters.